The first-order chi connectivity index (χ1) is 5.11. The Balaban J connectivity index is 3.87. The van der Waals surface area contributed by atoms with Crippen LogP contribution in [0, 0.1) is 29.1 Å². The fourth-order valence-corrected chi connectivity index (χ4v) is 1.15. The van der Waals surface area contributed by atoms with Gasteiger partial charge >= 0.3 is 0 Å². The monoisotopic (exact) mass is 155 g/mol. The SMILES string of the molecule is CC(C)CC(CO)C(C)C#N. The zero-order chi connectivity index (χ0) is 8.85. The molecular weight excluding hydrogens is 138 g/mol. The number of nitrogens with zero attached hydrogens (tertiary/aromatic N) is 1. The Kier molecular flexibility index (Phi) is 4.89. The summed E-state index contributed by atoms with van der Waals surface area (Å²) >= 11 is 0. The van der Waals surface area contributed by atoms with Gasteiger partial charge in [-0.05, 0) is 25.2 Å². The smallest absolute Gasteiger partial charge is 0.0656 e. The van der Waals surface area contributed by atoms with E-state index in [1.807, 2.05) is 6.92 Å². The van der Waals surface area contributed by atoms with Crippen LogP contribution in [-0.4, -0.2) is 11.7 Å². The van der Waals surface area contributed by atoms with Gasteiger partial charge in [-0.2, -0.15) is 5.26 Å². The summed E-state index contributed by atoms with van der Waals surface area (Å²) in [4.78, 5) is 0. The lowest BCUT2D eigenvalue weighted by atomic mass is 9.88. The molecule has 0 spiro atoms. The first-order valence-electron chi connectivity index (χ1n) is 4.12. The zero-order valence-electron chi connectivity index (χ0n) is 7.54. The average Bonchev–Trinajstić information content (AvgIpc) is 1.98. The summed E-state index contributed by atoms with van der Waals surface area (Å²) in [6.07, 6.45) is 0.936. The summed E-state index contributed by atoms with van der Waals surface area (Å²) < 4.78 is 0. The summed E-state index contributed by atoms with van der Waals surface area (Å²) in [5, 5.41) is 17.5. The standard InChI is InChI=1S/C9H17NO/c1-7(2)4-9(6-11)8(3)5-10/h7-9,11H,4,6H2,1-3H3. The molecular formula is C9H17NO. The maximum Gasteiger partial charge on any atom is 0.0656 e. The molecule has 2 nitrogen and oxygen atoms in total. The molecule has 0 aliphatic rings. The van der Waals surface area contributed by atoms with Gasteiger partial charge in [0.1, 0.15) is 0 Å². The van der Waals surface area contributed by atoms with Gasteiger partial charge in [-0.25, -0.2) is 0 Å². The van der Waals surface area contributed by atoms with Crippen LogP contribution in [0.2, 0.25) is 0 Å². The minimum Gasteiger partial charge on any atom is -0.396 e. The summed E-state index contributed by atoms with van der Waals surface area (Å²) in [6, 6.07) is 2.16. The highest BCUT2D eigenvalue weighted by Crippen LogP contribution is 2.18. The van der Waals surface area contributed by atoms with Crippen LogP contribution in [0.1, 0.15) is 27.2 Å². The zero-order valence-corrected chi connectivity index (χ0v) is 7.54. The van der Waals surface area contributed by atoms with E-state index in [9.17, 15) is 0 Å². The maximum absolute atomic E-state index is 8.93. The molecule has 0 saturated carbocycles. The Morgan fingerprint density at radius 3 is 2.18 bits per heavy atom. The predicted molar refractivity (Wildman–Crippen MR) is 44.8 cm³/mol. The molecule has 0 heterocycles. The van der Waals surface area contributed by atoms with E-state index in [4.69, 9.17) is 10.4 Å². The van der Waals surface area contributed by atoms with Crippen molar-refractivity contribution in [2.24, 2.45) is 17.8 Å². The molecule has 0 aromatic carbocycles. The van der Waals surface area contributed by atoms with Gasteiger partial charge in [0.15, 0.2) is 0 Å². The summed E-state index contributed by atoms with van der Waals surface area (Å²) in [5.74, 6) is 0.686. The second kappa shape index (κ2) is 5.15. The van der Waals surface area contributed by atoms with Gasteiger partial charge in [0.25, 0.3) is 0 Å². The molecule has 2 unspecified atom stereocenters. The van der Waals surface area contributed by atoms with E-state index in [2.05, 4.69) is 19.9 Å². The Labute approximate surface area is 68.8 Å². The van der Waals surface area contributed by atoms with Crippen molar-refractivity contribution in [1.29, 1.82) is 5.26 Å². The van der Waals surface area contributed by atoms with Crippen LogP contribution in [0.25, 0.3) is 0 Å². The molecule has 0 saturated heterocycles. The molecule has 11 heavy (non-hydrogen) atoms. The molecule has 0 bridgehead atoms. The molecule has 1 N–H and O–H groups in total. The summed E-state index contributed by atoms with van der Waals surface area (Å²) in [5.41, 5.74) is 0. The number of hydrogen-bond acceptors (Lipinski definition) is 2. The molecule has 0 aliphatic carbocycles. The lowest BCUT2D eigenvalue weighted by Gasteiger charge is -2.17. The highest BCUT2D eigenvalue weighted by molar-refractivity contribution is 4.84. The Bertz CT molecular complexity index is 137. The molecule has 2 atom stereocenters. The number of hydrogen-bond donors (Lipinski definition) is 1. The van der Waals surface area contributed by atoms with Crippen molar-refractivity contribution in [2.45, 2.75) is 27.2 Å². The predicted octanol–water partition coefficient (Wildman–Crippen LogP) is 1.80. The topological polar surface area (TPSA) is 44.0 Å². The lowest BCUT2D eigenvalue weighted by molar-refractivity contribution is 0.180. The van der Waals surface area contributed by atoms with Crippen molar-refractivity contribution in [1.82, 2.24) is 0 Å². The van der Waals surface area contributed by atoms with Crippen molar-refractivity contribution in [2.75, 3.05) is 6.61 Å². The van der Waals surface area contributed by atoms with Crippen molar-refractivity contribution >= 4 is 0 Å². The fraction of sp³-hybridized carbons (Fsp3) is 0.889. The van der Waals surface area contributed by atoms with Crippen molar-refractivity contribution in [3.05, 3.63) is 0 Å². The molecule has 0 aromatic heterocycles. The highest BCUT2D eigenvalue weighted by Gasteiger charge is 2.16. The average molecular weight is 155 g/mol. The van der Waals surface area contributed by atoms with Crippen LogP contribution in [0.3, 0.4) is 0 Å². The minimum absolute atomic E-state index is 0.0256. The molecule has 0 fully saturated rings. The maximum atomic E-state index is 8.93. The van der Waals surface area contributed by atoms with Gasteiger partial charge in [0, 0.05) is 12.5 Å². The van der Waals surface area contributed by atoms with E-state index >= 15 is 0 Å². The number of nitriles is 1. The largest absolute Gasteiger partial charge is 0.396 e. The van der Waals surface area contributed by atoms with Crippen LogP contribution < -0.4 is 0 Å². The van der Waals surface area contributed by atoms with E-state index in [1.54, 1.807) is 0 Å². The summed E-state index contributed by atoms with van der Waals surface area (Å²) in [6.45, 7) is 6.20. The van der Waals surface area contributed by atoms with Crippen LogP contribution in [0.4, 0.5) is 0 Å². The van der Waals surface area contributed by atoms with E-state index in [-0.39, 0.29) is 18.4 Å². The van der Waals surface area contributed by atoms with Crippen molar-refractivity contribution < 1.29 is 5.11 Å². The molecule has 0 aliphatic heterocycles. The number of rotatable bonds is 4. The third-order valence-electron chi connectivity index (χ3n) is 1.92. The normalized spacial score (nSPS) is 16.0. The molecule has 64 valence electrons. The van der Waals surface area contributed by atoms with Gasteiger partial charge in [0.2, 0.25) is 0 Å². The Morgan fingerprint density at radius 1 is 1.36 bits per heavy atom. The van der Waals surface area contributed by atoms with Crippen LogP contribution >= 0.6 is 0 Å². The summed E-state index contributed by atoms with van der Waals surface area (Å²) in [7, 11) is 0. The van der Waals surface area contributed by atoms with Crippen LogP contribution in [-0.2, 0) is 0 Å². The number of aliphatic hydroxyl groups excluding tert-OH is 1. The molecule has 0 rings (SSSR count). The molecule has 0 radical (unpaired) electrons. The third-order valence-corrected chi connectivity index (χ3v) is 1.92. The quantitative estimate of drug-likeness (QED) is 0.672. The molecule has 2 heteroatoms. The second-order valence-corrected chi connectivity index (χ2v) is 3.49. The van der Waals surface area contributed by atoms with Gasteiger partial charge < -0.3 is 5.11 Å². The Morgan fingerprint density at radius 2 is 1.91 bits per heavy atom. The third kappa shape index (κ3) is 4.00. The molecule has 0 amide bonds. The van der Waals surface area contributed by atoms with E-state index < -0.39 is 0 Å². The molecule has 0 aromatic rings. The Hall–Kier alpha value is -0.550. The van der Waals surface area contributed by atoms with E-state index in [0.717, 1.165) is 6.42 Å². The van der Waals surface area contributed by atoms with Crippen molar-refractivity contribution in [3.8, 4) is 6.07 Å². The second-order valence-electron chi connectivity index (χ2n) is 3.49. The van der Waals surface area contributed by atoms with E-state index in [0.29, 0.717) is 5.92 Å². The lowest BCUT2D eigenvalue weighted by Crippen LogP contribution is -2.16. The van der Waals surface area contributed by atoms with Gasteiger partial charge in [-0.15, -0.1) is 0 Å². The van der Waals surface area contributed by atoms with Gasteiger partial charge in [-0.3, -0.25) is 0 Å². The van der Waals surface area contributed by atoms with Crippen LogP contribution in [0.15, 0.2) is 0 Å². The van der Waals surface area contributed by atoms with Gasteiger partial charge in [0.05, 0.1) is 6.07 Å². The minimum atomic E-state index is -0.0256. The number of aliphatic hydroxyl groups is 1. The van der Waals surface area contributed by atoms with E-state index in [1.165, 1.54) is 0 Å². The fourth-order valence-electron chi connectivity index (χ4n) is 1.15. The van der Waals surface area contributed by atoms with Crippen molar-refractivity contribution in [3.63, 3.8) is 0 Å². The van der Waals surface area contributed by atoms with Gasteiger partial charge in [-0.1, -0.05) is 13.8 Å². The first-order valence-corrected chi connectivity index (χ1v) is 4.12. The highest BCUT2D eigenvalue weighted by atomic mass is 16.3. The first kappa shape index (κ1) is 10.4. The van der Waals surface area contributed by atoms with Crippen LogP contribution in [0.5, 0.6) is 0 Å².